The van der Waals surface area contributed by atoms with E-state index in [2.05, 4.69) is 34.5 Å². The topological polar surface area (TPSA) is 65.7 Å². The molecule has 0 saturated carbocycles. The lowest BCUT2D eigenvalue weighted by atomic mass is 10.1. The SMILES string of the molecule is CCCN=C(NN)NC(C)CN1CCCCC1. The maximum Gasteiger partial charge on any atom is 0.205 e. The highest BCUT2D eigenvalue weighted by molar-refractivity contribution is 5.79. The van der Waals surface area contributed by atoms with Gasteiger partial charge in [-0.05, 0) is 39.3 Å². The number of guanidine groups is 1. The fourth-order valence-corrected chi connectivity index (χ4v) is 2.16. The Kier molecular flexibility index (Phi) is 6.96. The van der Waals surface area contributed by atoms with Crippen molar-refractivity contribution in [2.24, 2.45) is 10.8 Å². The molecule has 4 N–H and O–H groups in total. The molecule has 0 aromatic heterocycles. The van der Waals surface area contributed by atoms with Gasteiger partial charge in [0.1, 0.15) is 0 Å². The van der Waals surface area contributed by atoms with Crippen molar-refractivity contribution in [3.05, 3.63) is 0 Å². The van der Waals surface area contributed by atoms with Crippen LogP contribution < -0.4 is 16.6 Å². The van der Waals surface area contributed by atoms with E-state index in [1.54, 1.807) is 0 Å². The van der Waals surface area contributed by atoms with E-state index in [0.29, 0.717) is 12.0 Å². The first-order valence-corrected chi connectivity index (χ1v) is 6.76. The Balaban J connectivity index is 2.28. The molecule has 0 aromatic carbocycles. The highest BCUT2D eigenvalue weighted by Crippen LogP contribution is 2.08. The van der Waals surface area contributed by atoms with E-state index in [4.69, 9.17) is 5.84 Å². The van der Waals surface area contributed by atoms with Crippen LogP contribution in [0.15, 0.2) is 4.99 Å². The van der Waals surface area contributed by atoms with E-state index >= 15 is 0 Å². The van der Waals surface area contributed by atoms with E-state index < -0.39 is 0 Å². The molecular formula is C12H27N5. The van der Waals surface area contributed by atoms with Crippen LogP contribution in [-0.4, -0.2) is 43.1 Å². The molecule has 0 amide bonds. The second kappa shape index (κ2) is 8.31. The standard InChI is InChI=1S/C12H27N5/c1-3-7-14-12(16-13)15-11(2)10-17-8-5-4-6-9-17/h11H,3-10,13H2,1-2H3,(H2,14,15,16). The molecule has 1 heterocycles. The number of hydrogen-bond acceptors (Lipinski definition) is 3. The van der Waals surface area contributed by atoms with Crippen LogP contribution >= 0.6 is 0 Å². The van der Waals surface area contributed by atoms with Crippen LogP contribution in [0.3, 0.4) is 0 Å². The molecule has 100 valence electrons. The molecule has 5 heteroatoms. The first kappa shape index (κ1) is 14.3. The van der Waals surface area contributed by atoms with Gasteiger partial charge in [-0.2, -0.15) is 0 Å². The molecule has 1 unspecified atom stereocenters. The summed E-state index contributed by atoms with van der Waals surface area (Å²) in [4.78, 5) is 6.85. The molecule has 1 rings (SSSR count). The number of nitrogens with two attached hydrogens (primary N) is 1. The molecule has 1 fully saturated rings. The summed E-state index contributed by atoms with van der Waals surface area (Å²) in [5.74, 6) is 6.14. The first-order chi connectivity index (χ1) is 8.26. The van der Waals surface area contributed by atoms with Crippen molar-refractivity contribution in [3.8, 4) is 0 Å². The van der Waals surface area contributed by atoms with Crippen LogP contribution in [0.2, 0.25) is 0 Å². The van der Waals surface area contributed by atoms with Gasteiger partial charge in [0.15, 0.2) is 0 Å². The van der Waals surface area contributed by atoms with E-state index in [1.807, 2.05) is 0 Å². The highest BCUT2D eigenvalue weighted by Gasteiger charge is 2.13. The van der Waals surface area contributed by atoms with Crippen LogP contribution in [0, 0.1) is 0 Å². The highest BCUT2D eigenvalue weighted by atomic mass is 15.3. The minimum absolute atomic E-state index is 0.375. The Bertz CT molecular complexity index is 223. The third kappa shape index (κ3) is 5.89. The zero-order chi connectivity index (χ0) is 12.5. The van der Waals surface area contributed by atoms with Crippen molar-refractivity contribution in [3.63, 3.8) is 0 Å². The number of likely N-dealkylation sites (tertiary alicyclic amines) is 1. The largest absolute Gasteiger partial charge is 0.352 e. The molecular weight excluding hydrogens is 214 g/mol. The van der Waals surface area contributed by atoms with Crippen LogP contribution in [0.1, 0.15) is 39.5 Å². The molecule has 0 bridgehead atoms. The smallest absolute Gasteiger partial charge is 0.205 e. The molecule has 1 atom stereocenters. The second-order valence-electron chi connectivity index (χ2n) is 4.78. The zero-order valence-corrected chi connectivity index (χ0v) is 11.2. The summed E-state index contributed by atoms with van der Waals surface area (Å²) in [6.45, 7) is 8.60. The zero-order valence-electron chi connectivity index (χ0n) is 11.2. The lowest BCUT2D eigenvalue weighted by Gasteiger charge is -2.29. The minimum atomic E-state index is 0.375. The Morgan fingerprint density at radius 1 is 1.35 bits per heavy atom. The van der Waals surface area contributed by atoms with Gasteiger partial charge in [-0.15, -0.1) is 0 Å². The lowest BCUT2D eigenvalue weighted by Crippen LogP contribution is -2.49. The summed E-state index contributed by atoms with van der Waals surface area (Å²) in [7, 11) is 0. The van der Waals surface area contributed by atoms with Crippen molar-refractivity contribution in [2.45, 2.75) is 45.6 Å². The van der Waals surface area contributed by atoms with Crippen LogP contribution in [-0.2, 0) is 0 Å². The van der Waals surface area contributed by atoms with Gasteiger partial charge in [0.2, 0.25) is 5.96 Å². The number of hydrogen-bond donors (Lipinski definition) is 3. The summed E-state index contributed by atoms with van der Waals surface area (Å²) in [6, 6.07) is 0.375. The molecule has 1 saturated heterocycles. The second-order valence-corrected chi connectivity index (χ2v) is 4.78. The summed E-state index contributed by atoms with van der Waals surface area (Å²) in [5.41, 5.74) is 2.63. The van der Waals surface area contributed by atoms with Gasteiger partial charge in [-0.1, -0.05) is 13.3 Å². The van der Waals surface area contributed by atoms with Crippen molar-refractivity contribution < 1.29 is 0 Å². The minimum Gasteiger partial charge on any atom is -0.352 e. The number of nitrogens with one attached hydrogen (secondary N) is 2. The Morgan fingerprint density at radius 2 is 2.06 bits per heavy atom. The van der Waals surface area contributed by atoms with Gasteiger partial charge in [0.05, 0.1) is 0 Å². The summed E-state index contributed by atoms with van der Waals surface area (Å²) in [6.07, 6.45) is 5.08. The molecule has 0 radical (unpaired) electrons. The fourth-order valence-electron chi connectivity index (χ4n) is 2.16. The van der Waals surface area contributed by atoms with Crippen LogP contribution in [0.25, 0.3) is 0 Å². The number of aliphatic imine (C=N–C) groups is 1. The van der Waals surface area contributed by atoms with E-state index in [-0.39, 0.29) is 0 Å². The van der Waals surface area contributed by atoms with Crippen molar-refractivity contribution in [1.82, 2.24) is 15.6 Å². The van der Waals surface area contributed by atoms with Gasteiger partial charge in [-0.3, -0.25) is 10.4 Å². The fraction of sp³-hybridized carbons (Fsp3) is 0.917. The predicted octanol–water partition coefficient (Wildman–Crippen LogP) is 0.680. The molecule has 1 aliphatic heterocycles. The molecule has 0 aliphatic carbocycles. The third-order valence-electron chi connectivity index (χ3n) is 2.99. The Labute approximate surface area is 105 Å². The van der Waals surface area contributed by atoms with E-state index in [9.17, 15) is 0 Å². The van der Waals surface area contributed by atoms with Gasteiger partial charge < -0.3 is 10.2 Å². The monoisotopic (exact) mass is 241 g/mol. The predicted molar refractivity (Wildman–Crippen MR) is 72.8 cm³/mol. The normalized spacial score (nSPS) is 20.1. The molecule has 1 aliphatic rings. The van der Waals surface area contributed by atoms with Crippen LogP contribution in [0.4, 0.5) is 0 Å². The third-order valence-corrected chi connectivity index (χ3v) is 2.99. The van der Waals surface area contributed by atoms with Gasteiger partial charge in [0, 0.05) is 19.1 Å². The maximum absolute atomic E-state index is 5.44. The average molecular weight is 241 g/mol. The van der Waals surface area contributed by atoms with Crippen molar-refractivity contribution in [2.75, 3.05) is 26.2 Å². The summed E-state index contributed by atoms with van der Waals surface area (Å²) in [5, 5.41) is 3.32. The van der Waals surface area contributed by atoms with Crippen molar-refractivity contribution >= 4 is 5.96 Å². The number of piperidine rings is 1. The maximum atomic E-state index is 5.44. The summed E-state index contributed by atoms with van der Waals surface area (Å²) >= 11 is 0. The van der Waals surface area contributed by atoms with Crippen molar-refractivity contribution in [1.29, 1.82) is 0 Å². The molecule has 5 nitrogen and oxygen atoms in total. The van der Waals surface area contributed by atoms with E-state index in [0.717, 1.165) is 19.5 Å². The average Bonchev–Trinajstić information content (AvgIpc) is 2.35. The first-order valence-electron chi connectivity index (χ1n) is 6.76. The quantitative estimate of drug-likeness (QED) is 0.287. The molecule has 17 heavy (non-hydrogen) atoms. The van der Waals surface area contributed by atoms with Gasteiger partial charge in [-0.25, -0.2) is 5.84 Å². The number of hydrazine groups is 1. The lowest BCUT2D eigenvalue weighted by molar-refractivity contribution is 0.214. The summed E-state index contributed by atoms with van der Waals surface area (Å²) < 4.78 is 0. The Hall–Kier alpha value is -0.810. The number of rotatable bonds is 5. The molecule has 0 aromatic rings. The van der Waals surface area contributed by atoms with Crippen LogP contribution in [0.5, 0.6) is 0 Å². The van der Waals surface area contributed by atoms with Gasteiger partial charge in [0.25, 0.3) is 0 Å². The number of nitrogens with zero attached hydrogens (tertiary/aromatic N) is 2. The Morgan fingerprint density at radius 3 is 2.65 bits per heavy atom. The molecule has 0 spiro atoms. The van der Waals surface area contributed by atoms with Gasteiger partial charge >= 0.3 is 0 Å². The van der Waals surface area contributed by atoms with E-state index in [1.165, 1.54) is 32.4 Å².